The maximum atomic E-state index is 13.6. The lowest BCUT2D eigenvalue weighted by Crippen LogP contribution is -2.39. The van der Waals surface area contributed by atoms with Crippen molar-refractivity contribution in [3.05, 3.63) is 35.6 Å². The summed E-state index contributed by atoms with van der Waals surface area (Å²) < 4.78 is 13.6. The molecule has 0 aliphatic carbocycles. The zero-order chi connectivity index (χ0) is 16.4. The first-order chi connectivity index (χ1) is 10.6. The molecular formula is C17H29FIN3O. The number of benzene rings is 1. The van der Waals surface area contributed by atoms with E-state index < -0.39 is 11.9 Å². The van der Waals surface area contributed by atoms with Gasteiger partial charge in [0.1, 0.15) is 5.82 Å². The minimum atomic E-state index is -0.904. The highest BCUT2D eigenvalue weighted by atomic mass is 127. The van der Waals surface area contributed by atoms with Crippen LogP contribution in [0.2, 0.25) is 0 Å². The van der Waals surface area contributed by atoms with Gasteiger partial charge in [0, 0.05) is 25.2 Å². The molecule has 6 heteroatoms. The van der Waals surface area contributed by atoms with E-state index in [1.807, 2.05) is 6.92 Å². The van der Waals surface area contributed by atoms with Crippen LogP contribution in [0.1, 0.15) is 45.3 Å². The average Bonchev–Trinajstić information content (AvgIpc) is 2.53. The van der Waals surface area contributed by atoms with E-state index in [-0.39, 0.29) is 30.5 Å². The number of aliphatic hydroxyl groups is 1. The fourth-order valence-electron chi connectivity index (χ4n) is 2.16. The van der Waals surface area contributed by atoms with E-state index in [4.69, 9.17) is 0 Å². The highest BCUT2D eigenvalue weighted by Crippen LogP contribution is 2.15. The Hall–Kier alpha value is -0.890. The second-order valence-corrected chi connectivity index (χ2v) is 5.32. The van der Waals surface area contributed by atoms with Crippen molar-refractivity contribution in [1.82, 2.24) is 10.6 Å². The monoisotopic (exact) mass is 437 g/mol. The minimum absolute atomic E-state index is 0. The van der Waals surface area contributed by atoms with Crippen LogP contribution in [0.5, 0.6) is 0 Å². The van der Waals surface area contributed by atoms with Crippen molar-refractivity contribution in [1.29, 1.82) is 0 Å². The molecule has 0 fully saturated rings. The highest BCUT2D eigenvalue weighted by Gasteiger charge is 2.12. The second kappa shape index (κ2) is 12.5. The summed E-state index contributed by atoms with van der Waals surface area (Å²) in [6.45, 7) is 8.01. The molecule has 1 aromatic carbocycles. The molecule has 1 unspecified atom stereocenters. The zero-order valence-corrected chi connectivity index (χ0v) is 16.5. The summed E-state index contributed by atoms with van der Waals surface area (Å²) >= 11 is 0. The molecule has 0 saturated carbocycles. The molecule has 0 aliphatic heterocycles. The average molecular weight is 437 g/mol. The van der Waals surface area contributed by atoms with Gasteiger partial charge in [-0.3, -0.25) is 4.99 Å². The molecule has 1 aromatic rings. The van der Waals surface area contributed by atoms with E-state index in [1.165, 1.54) is 6.07 Å². The number of aliphatic imine (C=N–C) groups is 1. The summed E-state index contributed by atoms with van der Waals surface area (Å²) in [5, 5.41) is 16.3. The molecule has 0 bridgehead atoms. The molecule has 0 amide bonds. The Balaban J connectivity index is 0.00000484. The third-order valence-electron chi connectivity index (χ3n) is 3.73. The Labute approximate surface area is 156 Å². The molecular weight excluding hydrogens is 408 g/mol. The molecule has 23 heavy (non-hydrogen) atoms. The van der Waals surface area contributed by atoms with E-state index in [2.05, 4.69) is 29.5 Å². The smallest absolute Gasteiger partial charge is 0.191 e. The van der Waals surface area contributed by atoms with Crippen LogP contribution >= 0.6 is 24.0 Å². The molecule has 132 valence electrons. The van der Waals surface area contributed by atoms with Crippen molar-refractivity contribution in [3.8, 4) is 0 Å². The van der Waals surface area contributed by atoms with Crippen molar-refractivity contribution in [2.45, 2.75) is 39.7 Å². The van der Waals surface area contributed by atoms with Gasteiger partial charge in [-0.15, -0.1) is 24.0 Å². The van der Waals surface area contributed by atoms with Gasteiger partial charge < -0.3 is 15.7 Å². The molecule has 0 aromatic heterocycles. The Bertz CT molecular complexity index is 467. The molecule has 0 radical (unpaired) electrons. The summed E-state index contributed by atoms with van der Waals surface area (Å²) in [6.07, 6.45) is 1.28. The lowest BCUT2D eigenvalue weighted by atomic mass is 10.0. The SMILES string of the molecule is CCNC(=NCC(CC)CC)NCC(O)c1ccccc1F.I. The van der Waals surface area contributed by atoms with Crippen LogP contribution in [0.4, 0.5) is 4.39 Å². The van der Waals surface area contributed by atoms with Gasteiger partial charge in [-0.25, -0.2) is 4.39 Å². The van der Waals surface area contributed by atoms with E-state index >= 15 is 0 Å². The van der Waals surface area contributed by atoms with Gasteiger partial charge in [0.25, 0.3) is 0 Å². The van der Waals surface area contributed by atoms with Gasteiger partial charge >= 0.3 is 0 Å². The lowest BCUT2D eigenvalue weighted by Gasteiger charge is -2.17. The van der Waals surface area contributed by atoms with Crippen LogP contribution in [0.15, 0.2) is 29.3 Å². The molecule has 0 spiro atoms. The number of nitrogens with zero attached hydrogens (tertiary/aromatic N) is 1. The fraction of sp³-hybridized carbons (Fsp3) is 0.588. The van der Waals surface area contributed by atoms with E-state index in [1.54, 1.807) is 18.2 Å². The molecule has 0 heterocycles. The van der Waals surface area contributed by atoms with E-state index in [0.29, 0.717) is 17.4 Å². The molecule has 0 aliphatic rings. The quantitative estimate of drug-likeness (QED) is 0.332. The number of rotatable bonds is 8. The predicted molar refractivity (Wildman–Crippen MR) is 105 cm³/mol. The first-order valence-corrected chi connectivity index (χ1v) is 8.06. The first kappa shape index (κ1) is 22.1. The number of hydrogen-bond acceptors (Lipinski definition) is 2. The summed E-state index contributed by atoms with van der Waals surface area (Å²) in [7, 11) is 0. The summed E-state index contributed by atoms with van der Waals surface area (Å²) in [5.74, 6) is 0.826. The Morgan fingerprint density at radius 3 is 2.39 bits per heavy atom. The maximum absolute atomic E-state index is 13.6. The van der Waals surface area contributed by atoms with Gasteiger partial charge in [0.2, 0.25) is 0 Å². The van der Waals surface area contributed by atoms with Crippen LogP contribution in [0, 0.1) is 11.7 Å². The third-order valence-corrected chi connectivity index (χ3v) is 3.73. The zero-order valence-electron chi connectivity index (χ0n) is 14.2. The topological polar surface area (TPSA) is 56.7 Å². The second-order valence-electron chi connectivity index (χ2n) is 5.32. The number of guanidine groups is 1. The summed E-state index contributed by atoms with van der Waals surface area (Å²) in [4.78, 5) is 4.53. The number of halogens is 2. The minimum Gasteiger partial charge on any atom is -0.386 e. The van der Waals surface area contributed by atoms with E-state index in [9.17, 15) is 9.50 Å². The van der Waals surface area contributed by atoms with Crippen LogP contribution < -0.4 is 10.6 Å². The predicted octanol–water partition coefficient (Wildman–Crippen LogP) is 3.47. The molecule has 1 rings (SSSR count). The molecule has 1 atom stereocenters. The van der Waals surface area contributed by atoms with Crippen LogP contribution in [0.25, 0.3) is 0 Å². The normalized spacial score (nSPS) is 12.7. The van der Waals surface area contributed by atoms with Gasteiger partial charge in [-0.1, -0.05) is 44.9 Å². The lowest BCUT2D eigenvalue weighted by molar-refractivity contribution is 0.176. The van der Waals surface area contributed by atoms with Gasteiger partial charge in [0.15, 0.2) is 5.96 Å². The summed E-state index contributed by atoms with van der Waals surface area (Å²) in [6, 6.07) is 6.27. The molecule has 0 saturated heterocycles. The third kappa shape index (κ3) is 7.97. The number of nitrogens with one attached hydrogen (secondary N) is 2. The van der Waals surface area contributed by atoms with Crippen LogP contribution in [0.3, 0.4) is 0 Å². The Kier molecular flexibility index (Phi) is 12.0. The maximum Gasteiger partial charge on any atom is 0.191 e. The van der Waals surface area contributed by atoms with Crippen molar-refractivity contribution in [2.24, 2.45) is 10.9 Å². The molecule has 4 nitrogen and oxygen atoms in total. The Morgan fingerprint density at radius 1 is 1.17 bits per heavy atom. The van der Waals surface area contributed by atoms with Crippen LogP contribution in [-0.4, -0.2) is 30.7 Å². The summed E-state index contributed by atoms with van der Waals surface area (Å²) in [5.41, 5.74) is 0.297. The number of hydrogen-bond donors (Lipinski definition) is 3. The van der Waals surface area contributed by atoms with Crippen molar-refractivity contribution < 1.29 is 9.50 Å². The largest absolute Gasteiger partial charge is 0.386 e. The van der Waals surface area contributed by atoms with E-state index in [0.717, 1.165) is 25.9 Å². The van der Waals surface area contributed by atoms with Crippen LogP contribution in [-0.2, 0) is 0 Å². The highest BCUT2D eigenvalue weighted by molar-refractivity contribution is 14.0. The van der Waals surface area contributed by atoms with Crippen molar-refractivity contribution >= 4 is 29.9 Å². The fourth-order valence-corrected chi connectivity index (χ4v) is 2.16. The van der Waals surface area contributed by atoms with Gasteiger partial charge in [0.05, 0.1) is 6.10 Å². The van der Waals surface area contributed by atoms with Gasteiger partial charge in [-0.2, -0.15) is 0 Å². The first-order valence-electron chi connectivity index (χ1n) is 8.06. The molecule has 3 N–H and O–H groups in total. The van der Waals surface area contributed by atoms with Gasteiger partial charge in [-0.05, 0) is 18.9 Å². The van der Waals surface area contributed by atoms with Crippen molar-refractivity contribution in [2.75, 3.05) is 19.6 Å². The van der Waals surface area contributed by atoms with Crippen molar-refractivity contribution in [3.63, 3.8) is 0 Å². The standard InChI is InChI=1S/C17H28FN3O.HI/c1-4-13(5-2)11-20-17(19-6-3)21-12-16(22)14-9-7-8-10-15(14)18;/h7-10,13,16,22H,4-6,11-12H2,1-3H3,(H2,19,20,21);1H. The Morgan fingerprint density at radius 2 is 1.83 bits per heavy atom. The number of aliphatic hydroxyl groups excluding tert-OH is 1.